The molecule has 2 aromatic rings. The second kappa shape index (κ2) is 4.98. The second-order valence-corrected chi connectivity index (χ2v) is 6.55. The Labute approximate surface area is 107 Å². The van der Waals surface area contributed by atoms with Crippen molar-refractivity contribution >= 4 is 27.8 Å². The molecular weight excluding hydrogens is 252 g/mol. The Morgan fingerprint density at radius 1 is 1.29 bits per heavy atom. The van der Waals surface area contributed by atoms with E-state index >= 15 is 0 Å². The summed E-state index contributed by atoms with van der Waals surface area (Å²) in [5.41, 5.74) is 7.31. The second-order valence-electron chi connectivity index (χ2n) is 3.81. The van der Waals surface area contributed by atoms with Gasteiger partial charge in [-0.05, 0) is 38.1 Å². The molecule has 0 radical (unpaired) electrons. The molecule has 5 heteroatoms. The summed E-state index contributed by atoms with van der Waals surface area (Å²) in [6.07, 6.45) is 0. The van der Waals surface area contributed by atoms with Gasteiger partial charge in [-0.25, -0.2) is 4.98 Å². The molecule has 1 aromatic carbocycles. The molecule has 0 aliphatic rings. The van der Waals surface area contributed by atoms with Crippen LogP contribution < -0.4 is 5.73 Å². The Bertz CT molecular complexity index is 527. The third kappa shape index (κ3) is 2.92. The molecule has 90 valence electrons. The Hall–Kier alpha value is -1.20. The van der Waals surface area contributed by atoms with Gasteiger partial charge in [0.25, 0.3) is 0 Å². The van der Waals surface area contributed by atoms with Crippen molar-refractivity contribution in [2.45, 2.75) is 24.5 Å². The maximum absolute atomic E-state index is 12.1. The van der Waals surface area contributed by atoms with Crippen LogP contribution in [0.15, 0.2) is 29.2 Å². The number of hydrogen-bond donors (Lipinski definition) is 1. The van der Waals surface area contributed by atoms with E-state index in [2.05, 4.69) is 4.98 Å². The number of hydrogen-bond acceptors (Lipinski definition) is 4. The fraction of sp³-hybridized carbons (Fsp3) is 0.250. The van der Waals surface area contributed by atoms with Crippen LogP contribution >= 0.6 is 11.3 Å². The van der Waals surface area contributed by atoms with Crippen molar-refractivity contribution < 1.29 is 4.21 Å². The van der Waals surface area contributed by atoms with Gasteiger partial charge in [-0.2, -0.15) is 0 Å². The third-order valence-electron chi connectivity index (χ3n) is 2.47. The van der Waals surface area contributed by atoms with Crippen LogP contribution in [0.25, 0.3) is 0 Å². The fourth-order valence-electron chi connectivity index (χ4n) is 1.42. The molecule has 0 saturated heterocycles. The molecule has 0 saturated carbocycles. The number of aromatic nitrogens is 1. The van der Waals surface area contributed by atoms with Crippen LogP contribution in [0.4, 0.5) is 5.69 Å². The molecule has 0 amide bonds. The molecule has 2 N–H and O–H groups in total. The molecule has 17 heavy (non-hydrogen) atoms. The first-order valence-corrected chi connectivity index (χ1v) is 7.36. The summed E-state index contributed by atoms with van der Waals surface area (Å²) in [5, 5.41) is 0.926. The highest BCUT2D eigenvalue weighted by molar-refractivity contribution is 7.84. The van der Waals surface area contributed by atoms with E-state index in [0.717, 1.165) is 15.6 Å². The lowest BCUT2D eigenvalue weighted by Gasteiger charge is -2.00. The van der Waals surface area contributed by atoms with E-state index in [1.807, 2.05) is 13.8 Å². The minimum atomic E-state index is -1.05. The maximum atomic E-state index is 12.1. The molecule has 0 fully saturated rings. The predicted octanol–water partition coefficient (Wildman–Crippen LogP) is 2.65. The number of thiazole rings is 1. The summed E-state index contributed by atoms with van der Waals surface area (Å²) in [6, 6.07) is 7.15. The molecule has 2 rings (SSSR count). The van der Waals surface area contributed by atoms with Gasteiger partial charge < -0.3 is 5.73 Å². The number of rotatable bonds is 3. The lowest BCUT2D eigenvalue weighted by Crippen LogP contribution is -1.96. The number of anilines is 1. The van der Waals surface area contributed by atoms with Crippen molar-refractivity contribution in [3.8, 4) is 0 Å². The summed E-state index contributed by atoms with van der Waals surface area (Å²) in [4.78, 5) is 6.38. The van der Waals surface area contributed by atoms with E-state index < -0.39 is 10.8 Å². The van der Waals surface area contributed by atoms with Crippen LogP contribution in [0.5, 0.6) is 0 Å². The van der Waals surface area contributed by atoms with E-state index in [0.29, 0.717) is 11.4 Å². The zero-order valence-electron chi connectivity index (χ0n) is 9.77. The van der Waals surface area contributed by atoms with Gasteiger partial charge in [0, 0.05) is 15.5 Å². The molecule has 1 aromatic heterocycles. The molecule has 3 nitrogen and oxygen atoms in total. The van der Waals surface area contributed by atoms with E-state index in [4.69, 9.17) is 5.73 Å². The van der Waals surface area contributed by atoms with Crippen molar-refractivity contribution in [2.75, 3.05) is 5.73 Å². The predicted molar refractivity (Wildman–Crippen MR) is 72.6 cm³/mol. The molecule has 0 spiro atoms. The summed E-state index contributed by atoms with van der Waals surface area (Å²) >= 11 is 1.61. The zero-order chi connectivity index (χ0) is 12.4. The van der Waals surface area contributed by atoms with E-state index in [-0.39, 0.29) is 0 Å². The third-order valence-corrected chi connectivity index (χ3v) is 5.06. The largest absolute Gasteiger partial charge is 0.399 e. The van der Waals surface area contributed by atoms with Gasteiger partial charge in [0.2, 0.25) is 0 Å². The lowest BCUT2D eigenvalue weighted by molar-refractivity contribution is 0.682. The van der Waals surface area contributed by atoms with E-state index in [9.17, 15) is 4.21 Å². The summed E-state index contributed by atoms with van der Waals surface area (Å²) in [5.74, 6) is 0.475. The Morgan fingerprint density at radius 2 is 1.94 bits per heavy atom. The maximum Gasteiger partial charge on any atom is 0.106 e. The summed E-state index contributed by atoms with van der Waals surface area (Å²) in [6.45, 7) is 4.00. The molecular formula is C12H14N2OS2. The minimum Gasteiger partial charge on any atom is -0.399 e. The molecule has 1 atom stereocenters. The van der Waals surface area contributed by atoms with Crippen molar-refractivity contribution in [3.05, 3.63) is 39.8 Å². The topological polar surface area (TPSA) is 56.0 Å². The van der Waals surface area contributed by atoms with E-state index in [1.165, 1.54) is 4.88 Å². The number of nitrogens with two attached hydrogens (primary N) is 1. The molecule has 1 heterocycles. The summed E-state index contributed by atoms with van der Waals surface area (Å²) in [7, 11) is -1.05. The van der Waals surface area contributed by atoms with Crippen LogP contribution in [0.3, 0.4) is 0 Å². The smallest absolute Gasteiger partial charge is 0.106 e. The van der Waals surface area contributed by atoms with Crippen LogP contribution in [-0.2, 0) is 16.6 Å². The van der Waals surface area contributed by atoms with Gasteiger partial charge in [-0.15, -0.1) is 11.3 Å². The van der Waals surface area contributed by atoms with Crippen LogP contribution in [0.1, 0.15) is 15.6 Å². The van der Waals surface area contributed by atoms with Crippen LogP contribution in [0.2, 0.25) is 0 Å². The highest BCUT2D eigenvalue weighted by atomic mass is 32.2. The first-order chi connectivity index (χ1) is 8.06. The van der Waals surface area contributed by atoms with Gasteiger partial charge in [-0.1, -0.05) is 0 Å². The van der Waals surface area contributed by atoms with Gasteiger partial charge in [-0.3, -0.25) is 4.21 Å². The first kappa shape index (κ1) is 12.3. The van der Waals surface area contributed by atoms with Crippen molar-refractivity contribution in [1.82, 2.24) is 4.98 Å². The van der Waals surface area contributed by atoms with Crippen molar-refractivity contribution in [2.24, 2.45) is 0 Å². The Morgan fingerprint density at radius 3 is 2.47 bits per heavy atom. The van der Waals surface area contributed by atoms with Crippen molar-refractivity contribution in [1.29, 1.82) is 0 Å². The van der Waals surface area contributed by atoms with E-state index in [1.54, 1.807) is 35.6 Å². The number of benzene rings is 1. The highest BCUT2D eigenvalue weighted by Gasteiger charge is 2.09. The van der Waals surface area contributed by atoms with Crippen molar-refractivity contribution in [3.63, 3.8) is 0 Å². The van der Waals surface area contributed by atoms with Crippen LogP contribution in [-0.4, -0.2) is 9.19 Å². The van der Waals surface area contributed by atoms with Gasteiger partial charge >= 0.3 is 0 Å². The SMILES string of the molecule is Cc1nc(CS(=O)c2ccc(N)cc2)sc1C. The van der Waals surface area contributed by atoms with Gasteiger partial charge in [0.15, 0.2) is 0 Å². The lowest BCUT2D eigenvalue weighted by atomic mass is 10.3. The number of aryl methyl sites for hydroxylation is 2. The van der Waals surface area contributed by atoms with Gasteiger partial charge in [0.05, 0.1) is 22.2 Å². The first-order valence-electron chi connectivity index (χ1n) is 5.23. The minimum absolute atomic E-state index is 0.475. The molecule has 0 aliphatic heterocycles. The quantitative estimate of drug-likeness (QED) is 0.869. The average Bonchev–Trinajstić information content (AvgIpc) is 2.58. The standard InChI is InChI=1S/C12H14N2OS2/c1-8-9(2)16-12(14-8)7-17(15)11-5-3-10(13)4-6-11/h3-6H,7,13H2,1-2H3. The monoisotopic (exact) mass is 266 g/mol. The number of nitrogens with zero attached hydrogens (tertiary/aromatic N) is 1. The highest BCUT2D eigenvalue weighted by Crippen LogP contribution is 2.20. The zero-order valence-corrected chi connectivity index (χ0v) is 11.4. The Kier molecular flexibility index (Phi) is 3.59. The van der Waals surface area contributed by atoms with Gasteiger partial charge in [0.1, 0.15) is 5.01 Å². The number of nitrogen functional groups attached to an aromatic ring is 1. The summed E-state index contributed by atoms with van der Waals surface area (Å²) < 4.78 is 12.1. The van der Waals surface area contributed by atoms with Crippen LogP contribution in [0, 0.1) is 13.8 Å². The average molecular weight is 266 g/mol. The fourth-order valence-corrected chi connectivity index (χ4v) is 3.60. The Balaban J connectivity index is 2.14. The molecule has 0 aliphatic carbocycles. The normalized spacial score (nSPS) is 12.6. The molecule has 1 unspecified atom stereocenters. The molecule has 0 bridgehead atoms.